The molecule has 1 unspecified atom stereocenters. The van der Waals surface area contributed by atoms with Gasteiger partial charge in [0, 0.05) is 17.5 Å². The van der Waals surface area contributed by atoms with Gasteiger partial charge in [-0.25, -0.2) is 4.79 Å². The molecule has 1 aromatic heterocycles. The number of nitrogens with zero attached hydrogens (tertiary/aromatic N) is 1. The molecule has 1 saturated heterocycles. The Kier molecular flexibility index (Phi) is 3.96. The average Bonchev–Trinajstić information content (AvgIpc) is 2.87. The van der Waals surface area contributed by atoms with E-state index in [1.54, 1.807) is 5.38 Å². The molecule has 19 heavy (non-hydrogen) atoms. The molecule has 0 aromatic carbocycles. The predicted octanol–water partition coefficient (Wildman–Crippen LogP) is 0.876. The monoisotopic (exact) mass is 283 g/mol. The number of carbonyl (C=O) groups is 3. The fourth-order valence-corrected chi connectivity index (χ4v) is 2.73. The molecule has 1 N–H and O–H groups in total. The largest absolute Gasteiger partial charge is 0.480 e. The molecule has 7 heteroatoms. The minimum Gasteiger partial charge on any atom is -0.480 e. The Labute approximate surface area is 113 Å². The Balaban J connectivity index is 2.21. The molecule has 0 radical (unpaired) electrons. The normalized spacial score (nSPS) is 19.2. The molecular weight excluding hydrogens is 270 g/mol. The number of morpholine rings is 1. The molecule has 2 heterocycles. The minimum atomic E-state index is -1.09. The van der Waals surface area contributed by atoms with Crippen LogP contribution < -0.4 is 0 Å². The van der Waals surface area contributed by atoms with Crippen molar-refractivity contribution in [1.29, 1.82) is 0 Å². The topological polar surface area (TPSA) is 83.9 Å². The van der Waals surface area contributed by atoms with Crippen molar-refractivity contribution in [3.8, 4) is 0 Å². The van der Waals surface area contributed by atoms with Crippen molar-refractivity contribution in [1.82, 2.24) is 4.90 Å². The number of carbonyl (C=O) groups excluding carboxylic acids is 2. The van der Waals surface area contributed by atoms with Gasteiger partial charge in [-0.1, -0.05) is 0 Å². The first-order valence-corrected chi connectivity index (χ1v) is 6.59. The number of carboxylic acid groups (broad SMARTS) is 1. The lowest BCUT2D eigenvalue weighted by Gasteiger charge is -2.32. The number of thiophene rings is 1. The van der Waals surface area contributed by atoms with E-state index in [9.17, 15) is 14.4 Å². The molecular formula is C12H13NO5S. The lowest BCUT2D eigenvalue weighted by atomic mass is 10.2. The van der Waals surface area contributed by atoms with Crippen LogP contribution in [-0.4, -0.2) is 53.5 Å². The van der Waals surface area contributed by atoms with Crippen LogP contribution in [-0.2, 0) is 9.53 Å². The number of hydrogen-bond donors (Lipinski definition) is 1. The maximum atomic E-state index is 12.3. The van der Waals surface area contributed by atoms with Gasteiger partial charge in [0.15, 0.2) is 11.8 Å². The van der Waals surface area contributed by atoms with E-state index in [0.717, 1.165) is 11.3 Å². The number of ketones is 1. The molecule has 1 fully saturated rings. The van der Waals surface area contributed by atoms with Gasteiger partial charge < -0.3 is 14.7 Å². The molecule has 6 nitrogen and oxygen atoms in total. The van der Waals surface area contributed by atoms with Crippen LogP contribution in [0.25, 0.3) is 0 Å². The number of carboxylic acids is 1. The molecule has 0 spiro atoms. The van der Waals surface area contributed by atoms with E-state index in [1.165, 1.54) is 17.9 Å². The lowest BCUT2D eigenvalue weighted by Crippen LogP contribution is -2.52. The van der Waals surface area contributed by atoms with Crippen LogP contribution in [0, 0.1) is 0 Å². The highest BCUT2D eigenvalue weighted by molar-refractivity contribution is 7.12. The number of amides is 1. The van der Waals surface area contributed by atoms with Gasteiger partial charge >= 0.3 is 5.97 Å². The zero-order valence-electron chi connectivity index (χ0n) is 10.3. The van der Waals surface area contributed by atoms with Crippen molar-refractivity contribution in [2.75, 3.05) is 19.8 Å². The highest BCUT2D eigenvalue weighted by Gasteiger charge is 2.33. The average molecular weight is 283 g/mol. The van der Waals surface area contributed by atoms with Gasteiger partial charge in [-0.3, -0.25) is 9.59 Å². The van der Waals surface area contributed by atoms with Crippen LogP contribution in [0.2, 0.25) is 0 Å². The van der Waals surface area contributed by atoms with Crippen LogP contribution in [0.4, 0.5) is 0 Å². The molecule has 1 aliphatic rings. The molecule has 1 aromatic rings. The van der Waals surface area contributed by atoms with Gasteiger partial charge in [0.25, 0.3) is 5.91 Å². The summed E-state index contributed by atoms with van der Waals surface area (Å²) < 4.78 is 5.08. The first-order chi connectivity index (χ1) is 9.00. The van der Waals surface area contributed by atoms with E-state index >= 15 is 0 Å². The van der Waals surface area contributed by atoms with Crippen molar-refractivity contribution in [2.45, 2.75) is 13.0 Å². The summed E-state index contributed by atoms with van der Waals surface area (Å²) in [5.74, 6) is -1.57. The summed E-state index contributed by atoms with van der Waals surface area (Å²) in [6.07, 6.45) is 0. The molecule has 102 valence electrons. The third kappa shape index (κ3) is 2.82. The highest BCUT2D eigenvalue weighted by Crippen LogP contribution is 2.20. The summed E-state index contributed by atoms with van der Waals surface area (Å²) in [6.45, 7) is 1.97. The maximum Gasteiger partial charge on any atom is 0.328 e. The zero-order valence-corrected chi connectivity index (χ0v) is 11.1. The fourth-order valence-electron chi connectivity index (χ4n) is 1.83. The second-order valence-electron chi connectivity index (χ2n) is 4.18. The van der Waals surface area contributed by atoms with Gasteiger partial charge in [0.05, 0.1) is 18.1 Å². The SMILES string of the molecule is CC(=O)c1csc(C(=O)N2CCOCC2C(=O)O)c1. The quantitative estimate of drug-likeness (QED) is 0.832. The molecule has 1 amide bonds. The lowest BCUT2D eigenvalue weighted by molar-refractivity contribution is -0.147. The van der Waals surface area contributed by atoms with Crippen molar-refractivity contribution < 1.29 is 24.2 Å². The first kappa shape index (κ1) is 13.7. The molecule has 2 rings (SSSR count). The van der Waals surface area contributed by atoms with Gasteiger partial charge in [-0.15, -0.1) is 11.3 Å². The smallest absolute Gasteiger partial charge is 0.328 e. The molecule has 0 saturated carbocycles. The Morgan fingerprint density at radius 2 is 2.21 bits per heavy atom. The Hall–Kier alpha value is -1.73. The number of hydrogen-bond acceptors (Lipinski definition) is 5. The fraction of sp³-hybridized carbons (Fsp3) is 0.417. The Bertz CT molecular complexity index is 524. The third-order valence-electron chi connectivity index (χ3n) is 2.89. The van der Waals surface area contributed by atoms with Crippen LogP contribution in [0.15, 0.2) is 11.4 Å². The number of rotatable bonds is 3. The van der Waals surface area contributed by atoms with Crippen LogP contribution >= 0.6 is 11.3 Å². The van der Waals surface area contributed by atoms with Gasteiger partial charge in [0.2, 0.25) is 0 Å². The number of aliphatic carboxylic acids is 1. The van der Waals surface area contributed by atoms with Crippen LogP contribution in [0.1, 0.15) is 27.0 Å². The summed E-state index contributed by atoms with van der Waals surface area (Å²) in [4.78, 5) is 36.2. The number of Topliss-reactive ketones (excluding diaryl/α,β-unsaturated/α-hetero) is 1. The second-order valence-corrected chi connectivity index (χ2v) is 5.09. The zero-order chi connectivity index (χ0) is 14.0. The van der Waals surface area contributed by atoms with Crippen LogP contribution in [0.3, 0.4) is 0 Å². The molecule has 1 atom stereocenters. The molecule has 0 aliphatic carbocycles. The first-order valence-electron chi connectivity index (χ1n) is 5.71. The summed E-state index contributed by atoms with van der Waals surface area (Å²) in [5.41, 5.74) is 0.466. The van der Waals surface area contributed by atoms with Crippen molar-refractivity contribution in [2.24, 2.45) is 0 Å². The van der Waals surface area contributed by atoms with E-state index in [0.29, 0.717) is 17.0 Å². The predicted molar refractivity (Wildman–Crippen MR) is 67.6 cm³/mol. The van der Waals surface area contributed by atoms with Crippen molar-refractivity contribution in [3.63, 3.8) is 0 Å². The maximum absolute atomic E-state index is 12.3. The second kappa shape index (κ2) is 5.50. The van der Waals surface area contributed by atoms with E-state index in [4.69, 9.17) is 9.84 Å². The third-order valence-corrected chi connectivity index (χ3v) is 3.81. The Morgan fingerprint density at radius 3 is 2.79 bits per heavy atom. The summed E-state index contributed by atoms with van der Waals surface area (Å²) >= 11 is 1.15. The van der Waals surface area contributed by atoms with Crippen molar-refractivity contribution in [3.05, 3.63) is 21.9 Å². The van der Waals surface area contributed by atoms with Gasteiger partial charge in [-0.05, 0) is 13.0 Å². The van der Waals surface area contributed by atoms with Crippen LogP contribution in [0.5, 0.6) is 0 Å². The highest BCUT2D eigenvalue weighted by atomic mass is 32.1. The van der Waals surface area contributed by atoms with E-state index in [-0.39, 0.29) is 24.8 Å². The van der Waals surface area contributed by atoms with E-state index in [1.807, 2.05) is 0 Å². The number of ether oxygens (including phenoxy) is 1. The van der Waals surface area contributed by atoms with Gasteiger partial charge in [-0.2, -0.15) is 0 Å². The minimum absolute atomic E-state index is 0.00792. The summed E-state index contributed by atoms with van der Waals surface area (Å²) in [5, 5.41) is 10.7. The van der Waals surface area contributed by atoms with E-state index in [2.05, 4.69) is 0 Å². The van der Waals surface area contributed by atoms with Crippen molar-refractivity contribution >= 4 is 29.0 Å². The molecule has 1 aliphatic heterocycles. The standard InChI is InChI=1S/C12H13NO5S/c1-7(14)8-4-10(19-6-8)11(15)13-2-3-18-5-9(13)12(16)17/h4,6,9H,2-3,5H2,1H3,(H,16,17). The van der Waals surface area contributed by atoms with Gasteiger partial charge in [0.1, 0.15) is 0 Å². The molecule has 0 bridgehead atoms. The summed E-state index contributed by atoms with van der Waals surface area (Å²) in [7, 11) is 0. The van der Waals surface area contributed by atoms with E-state index < -0.39 is 12.0 Å². The summed E-state index contributed by atoms with van der Waals surface area (Å²) in [6, 6.07) is 0.535. The Morgan fingerprint density at radius 1 is 1.47 bits per heavy atom.